The van der Waals surface area contributed by atoms with Crippen molar-refractivity contribution in [3.05, 3.63) is 0 Å². The molecule has 68 valence electrons. The Morgan fingerprint density at radius 1 is 1.18 bits per heavy atom. The highest BCUT2D eigenvalue weighted by Crippen LogP contribution is 1.72. The summed E-state index contributed by atoms with van der Waals surface area (Å²) >= 11 is 0. The first-order valence-electron chi connectivity index (χ1n) is 2.13. The average Bonchev–Trinajstić information content (AvgIpc) is 1.83. The first kappa shape index (κ1) is 12.8. The molecule has 0 aromatic carbocycles. The zero-order chi connectivity index (χ0) is 9.49. The van der Waals surface area contributed by atoms with Crippen molar-refractivity contribution in [2.75, 3.05) is 14.2 Å². The quantitative estimate of drug-likeness (QED) is 0.398. The van der Waals surface area contributed by atoms with Gasteiger partial charge < -0.3 is 9.47 Å². The van der Waals surface area contributed by atoms with E-state index in [1.807, 2.05) is 0 Å². The average molecular weight is 188 g/mol. The van der Waals surface area contributed by atoms with Crippen LogP contribution in [0.3, 0.4) is 0 Å². The number of carbonyl (C=O) groups excluding carboxylic acids is 1. The summed E-state index contributed by atoms with van der Waals surface area (Å²) in [5.74, 6) is 0. The summed E-state index contributed by atoms with van der Waals surface area (Å²) in [5.41, 5.74) is 0. The van der Waals surface area contributed by atoms with Crippen LogP contribution in [0.15, 0.2) is 0 Å². The monoisotopic (exact) mass is 188 g/mol. The highest BCUT2D eigenvalue weighted by molar-refractivity contribution is 7.79. The molecule has 8 heteroatoms. The molecular weight excluding hydrogens is 180 g/mol. The standard InChI is InChI=1S/C3H6O3.H2O4S/c1-5-3(4)6-2;1-5(2,3)4/h1-2H3;(H2,1,2,3,4). The van der Waals surface area contributed by atoms with Crippen molar-refractivity contribution in [3.63, 3.8) is 0 Å². The minimum atomic E-state index is -4.67. The van der Waals surface area contributed by atoms with Gasteiger partial charge in [-0.15, -0.1) is 0 Å². The minimum Gasteiger partial charge on any atom is -0.438 e. The second-order valence-electron chi connectivity index (χ2n) is 1.11. The van der Waals surface area contributed by atoms with Gasteiger partial charge in [0.2, 0.25) is 0 Å². The highest BCUT2D eigenvalue weighted by Gasteiger charge is 1.88. The Balaban J connectivity index is 0. The molecule has 2 N–H and O–H groups in total. The largest absolute Gasteiger partial charge is 0.507 e. The third kappa shape index (κ3) is 47.3. The Morgan fingerprint density at radius 2 is 1.36 bits per heavy atom. The van der Waals surface area contributed by atoms with Crippen LogP contribution in [-0.2, 0) is 19.9 Å². The van der Waals surface area contributed by atoms with E-state index in [9.17, 15) is 4.79 Å². The summed E-state index contributed by atoms with van der Waals surface area (Å²) in [5, 5.41) is 0. The van der Waals surface area contributed by atoms with Crippen LogP contribution in [0.1, 0.15) is 0 Å². The molecule has 0 aliphatic heterocycles. The van der Waals surface area contributed by atoms with Crippen LogP contribution in [0.2, 0.25) is 0 Å². The van der Waals surface area contributed by atoms with E-state index in [0.717, 1.165) is 0 Å². The fourth-order valence-electron chi connectivity index (χ4n) is 0.0833. The van der Waals surface area contributed by atoms with Crippen LogP contribution in [0, 0.1) is 0 Å². The fourth-order valence-corrected chi connectivity index (χ4v) is 0.0833. The first-order chi connectivity index (χ1) is 4.81. The number of ether oxygens (including phenoxy) is 2. The van der Waals surface area contributed by atoms with Gasteiger partial charge in [-0.2, -0.15) is 8.42 Å². The van der Waals surface area contributed by atoms with E-state index in [4.69, 9.17) is 17.5 Å². The Labute approximate surface area is 63.5 Å². The van der Waals surface area contributed by atoms with Gasteiger partial charge in [0.05, 0.1) is 14.2 Å². The van der Waals surface area contributed by atoms with Crippen molar-refractivity contribution >= 4 is 16.6 Å². The summed E-state index contributed by atoms with van der Waals surface area (Å²) in [6, 6.07) is 0. The summed E-state index contributed by atoms with van der Waals surface area (Å²) < 4.78 is 39.7. The van der Waals surface area contributed by atoms with Gasteiger partial charge in [0.25, 0.3) is 0 Å². The first-order valence-corrected chi connectivity index (χ1v) is 3.52. The van der Waals surface area contributed by atoms with Gasteiger partial charge in [0.1, 0.15) is 0 Å². The molecule has 0 saturated heterocycles. The number of carbonyl (C=O) groups is 1. The van der Waals surface area contributed by atoms with E-state index in [2.05, 4.69) is 9.47 Å². The summed E-state index contributed by atoms with van der Waals surface area (Å²) in [6.45, 7) is 0. The van der Waals surface area contributed by atoms with E-state index in [1.54, 1.807) is 0 Å². The lowest BCUT2D eigenvalue weighted by atomic mass is 11.3. The van der Waals surface area contributed by atoms with Gasteiger partial charge in [-0.05, 0) is 0 Å². The molecule has 0 heterocycles. The maximum absolute atomic E-state index is 9.74. The third-order valence-corrected chi connectivity index (χ3v) is 0.333. The van der Waals surface area contributed by atoms with Gasteiger partial charge in [-0.3, -0.25) is 9.11 Å². The zero-order valence-electron chi connectivity index (χ0n) is 5.84. The molecule has 11 heavy (non-hydrogen) atoms. The molecule has 0 fully saturated rings. The molecule has 0 unspecified atom stereocenters. The second kappa shape index (κ2) is 5.89. The van der Waals surface area contributed by atoms with E-state index in [1.165, 1.54) is 14.2 Å². The van der Waals surface area contributed by atoms with Gasteiger partial charge in [-0.25, -0.2) is 4.79 Å². The molecule has 0 aliphatic carbocycles. The van der Waals surface area contributed by atoms with Crippen molar-refractivity contribution in [3.8, 4) is 0 Å². The van der Waals surface area contributed by atoms with Gasteiger partial charge in [-0.1, -0.05) is 0 Å². The van der Waals surface area contributed by atoms with Crippen molar-refractivity contribution in [1.82, 2.24) is 0 Å². The molecule has 0 atom stereocenters. The summed E-state index contributed by atoms with van der Waals surface area (Å²) in [4.78, 5) is 9.74. The van der Waals surface area contributed by atoms with E-state index in [-0.39, 0.29) is 0 Å². The maximum atomic E-state index is 9.74. The van der Waals surface area contributed by atoms with E-state index >= 15 is 0 Å². The van der Waals surface area contributed by atoms with Crippen LogP contribution in [0.4, 0.5) is 4.79 Å². The molecule has 0 spiro atoms. The lowest BCUT2D eigenvalue weighted by molar-refractivity contribution is 0.0924. The molecule has 0 rings (SSSR count). The molecular formula is C3H8O7S. The van der Waals surface area contributed by atoms with Crippen LogP contribution >= 0.6 is 0 Å². The lowest BCUT2D eigenvalue weighted by Gasteiger charge is -1.89. The van der Waals surface area contributed by atoms with Crippen molar-refractivity contribution in [2.45, 2.75) is 0 Å². The van der Waals surface area contributed by atoms with Gasteiger partial charge in [0, 0.05) is 0 Å². The molecule has 0 saturated carbocycles. The number of rotatable bonds is 0. The molecule has 0 aromatic rings. The van der Waals surface area contributed by atoms with Crippen molar-refractivity contribution in [1.29, 1.82) is 0 Å². The predicted molar refractivity (Wildman–Crippen MR) is 33.6 cm³/mol. The van der Waals surface area contributed by atoms with Crippen LogP contribution < -0.4 is 0 Å². The molecule has 0 amide bonds. The Bertz CT molecular complexity index is 178. The zero-order valence-corrected chi connectivity index (χ0v) is 6.66. The van der Waals surface area contributed by atoms with Crippen LogP contribution in [0.25, 0.3) is 0 Å². The summed E-state index contributed by atoms with van der Waals surface area (Å²) in [6.07, 6.45) is -0.657. The number of hydrogen-bond acceptors (Lipinski definition) is 5. The molecule has 0 aliphatic rings. The fraction of sp³-hybridized carbons (Fsp3) is 0.667. The molecule has 7 nitrogen and oxygen atoms in total. The molecule has 0 bridgehead atoms. The maximum Gasteiger partial charge on any atom is 0.507 e. The topological polar surface area (TPSA) is 110 Å². The third-order valence-electron chi connectivity index (χ3n) is 0.333. The molecule has 0 aromatic heterocycles. The Kier molecular flexibility index (Phi) is 6.85. The van der Waals surface area contributed by atoms with Crippen molar-refractivity contribution in [2.24, 2.45) is 0 Å². The predicted octanol–water partition coefficient (Wildman–Crippen LogP) is -0.254. The number of hydrogen-bond donors (Lipinski definition) is 2. The van der Waals surface area contributed by atoms with Gasteiger partial charge in [0.15, 0.2) is 0 Å². The van der Waals surface area contributed by atoms with E-state index in [0.29, 0.717) is 0 Å². The number of methoxy groups -OCH3 is 2. The smallest absolute Gasteiger partial charge is 0.438 e. The summed E-state index contributed by atoms with van der Waals surface area (Å²) in [7, 11) is -2.16. The molecule has 0 radical (unpaired) electrons. The normalized spacial score (nSPS) is 9.09. The SMILES string of the molecule is COC(=O)OC.O=S(=O)(O)O. The highest BCUT2D eigenvalue weighted by atomic mass is 32.3. The van der Waals surface area contributed by atoms with Crippen LogP contribution in [-0.4, -0.2) is 37.9 Å². The lowest BCUT2D eigenvalue weighted by Crippen LogP contribution is -1.97. The Hall–Kier alpha value is -0.860. The van der Waals surface area contributed by atoms with E-state index < -0.39 is 16.6 Å². The minimum absolute atomic E-state index is 0.657. The van der Waals surface area contributed by atoms with Crippen molar-refractivity contribution < 1.29 is 31.8 Å². The Morgan fingerprint density at radius 3 is 1.36 bits per heavy atom. The van der Waals surface area contributed by atoms with Gasteiger partial charge >= 0.3 is 16.6 Å². The van der Waals surface area contributed by atoms with Crippen LogP contribution in [0.5, 0.6) is 0 Å². The second-order valence-corrected chi connectivity index (χ2v) is 2.00.